The van der Waals surface area contributed by atoms with Gasteiger partial charge in [0.05, 0.1) is 5.69 Å². The van der Waals surface area contributed by atoms with Crippen LogP contribution >= 0.6 is 24.0 Å². The van der Waals surface area contributed by atoms with Gasteiger partial charge in [-0.25, -0.2) is 4.99 Å². The van der Waals surface area contributed by atoms with Crippen molar-refractivity contribution in [2.45, 2.75) is 51.6 Å². The first kappa shape index (κ1) is 19.8. The van der Waals surface area contributed by atoms with Crippen LogP contribution in [0.3, 0.4) is 0 Å². The van der Waals surface area contributed by atoms with Crippen molar-refractivity contribution in [1.29, 1.82) is 0 Å². The fourth-order valence-corrected chi connectivity index (χ4v) is 2.75. The van der Waals surface area contributed by atoms with Gasteiger partial charge in [-0.15, -0.1) is 24.0 Å². The SMILES string of the molecule is CCNC(=NCc1cc(C(C)C)no1)NC1CC1c1ccccc1.I. The van der Waals surface area contributed by atoms with E-state index in [1.165, 1.54) is 5.56 Å². The van der Waals surface area contributed by atoms with Crippen LogP contribution in [0.25, 0.3) is 0 Å². The highest BCUT2D eigenvalue weighted by Crippen LogP contribution is 2.40. The normalized spacial score (nSPS) is 19.4. The Morgan fingerprint density at radius 2 is 2.08 bits per heavy atom. The predicted molar refractivity (Wildman–Crippen MR) is 112 cm³/mol. The molecule has 0 bridgehead atoms. The second kappa shape index (κ2) is 9.22. The second-order valence-corrected chi connectivity index (χ2v) is 6.57. The molecule has 2 aromatic rings. The molecule has 25 heavy (non-hydrogen) atoms. The molecule has 136 valence electrons. The maximum atomic E-state index is 5.35. The van der Waals surface area contributed by atoms with Crippen LogP contribution in [0.5, 0.6) is 0 Å². The summed E-state index contributed by atoms with van der Waals surface area (Å²) in [6.45, 7) is 7.62. The van der Waals surface area contributed by atoms with Crippen molar-refractivity contribution in [2.24, 2.45) is 4.99 Å². The van der Waals surface area contributed by atoms with Gasteiger partial charge in [0.2, 0.25) is 0 Å². The highest BCUT2D eigenvalue weighted by Gasteiger charge is 2.38. The number of hydrogen-bond donors (Lipinski definition) is 2. The molecule has 1 saturated carbocycles. The van der Waals surface area contributed by atoms with Gasteiger partial charge < -0.3 is 15.2 Å². The van der Waals surface area contributed by atoms with E-state index < -0.39 is 0 Å². The van der Waals surface area contributed by atoms with E-state index in [0.29, 0.717) is 24.4 Å². The molecule has 0 amide bonds. The maximum absolute atomic E-state index is 5.35. The Morgan fingerprint density at radius 1 is 1.32 bits per heavy atom. The summed E-state index contributed by atoms with van der Waals surface area (Å²) in [4.78, 5) is 4.63. The lowest BCUT2D eigenvalue weighted by molar-refractivity contribution is 0.376. The highest BCUT2D eigenvalue weighted by molar-refractivity contribution is 14.0. The van der Waals surface area contributed by atoms with E-state index in [1.807, 2.05) is 6.07 Å². The van der Waals surface area contributed by atoms with Crippen LogP contribution < -0.4 is 10.6 Å². The van der Waals surface area contributed by atoms with E-state index in [1.54, 1.807) is 0 Å². The van der Waals surface area contributed by atoms with Gasteiger partial charge in [0, 0.05) is 24.6 Å². The van der Waals surface area contributed by atoms with Gasteiger partial charge in [-0.05, 0) is 24.8 Å². The zero-order chi connectivity index (χ0) is 16.9. The molecular weight excluding hydrogens is 427 g/mol. The number of aromatic nitrogens is 1. The van der Waals surface area contributed by atoms with Gasteiger partial charge in [-0.1, -0.05) is 49.3 Å². The van der Waals surface area contributed by atoms with Gasteiger partial charge in [0.25, 0.3) is 0 Å². The number of nitrogens with one attached hydrogen (secondary N) is 2. The van der Waals surface area contributed by atoms with Crippen LogP contribution in [-0.2, 0) is 6.54 Å². The lowest BCUT2D eigenvalue weighted by atomic mass is 10.1. The quantitative estimate of drug-likeness (QED) is 0.393. The topological polar surface area (TPSA) is 62.5 Å². The van der Waals surface area contributed by atoms with Crippen molar-refractivity contribution in [3.63, 3.8) is 0 Å². The van der Waals surface area contributed by atoms with Gasteiger partial charge in [-0.2, -0.15) is 0 Å². The van der Waals surface area contributed by atoms with Crippen LogP contribution in [0.15, 0.2) is 45.9 Å². The zero-order valence-corrected chi connectivity index (χ0v) is 17.4. The number of hydrogen-bond acceptors (Lipinski definition) is 3. The molecule has 6 heteroatoms. The third-order valence-corrected chi connectivity index (χ3v) is 4.25. The Balaban J connectivity index is 0.00000225. The third-order valence-electron chi connectivity index (χ3n) is 4.25. The van der Waals surface area contributed by atoms with E-state index in [2.05, 4.69) is 71.9 Å². The fraction of sp³-hybridized carbons (Fsp3) is 0.474. The van der Waals surface area contributed by atoms with Crippen molar-refractivity contribution >= 4 is 29.9 Å². The van der Waals surface area contributed by atoms with Crippen molar-refractivity contribution in [3.8, 4) is 0 Å². The van der Waals surface area contributed by atoms with Gasteiger partial charge >= 0.3 is 0 Å². The summed E-state index contributed by atoms with van der Waals surface area (Å²) < 4.78 is 5.35. The average molecular weight is 454 g/mol. The van der Waals surface area contributed by atoms with E-state index in [-0.39, 0.29) is 24.0 Å². The third kappa shape index (κ3) is 5.45. The molecule has 0 radical (unpaired) electrons. The molecule has 2 atom stereocenters. The van der Waals surface area contributed by atoms with Crippen molar-refractivity contribution in [2.75, 3.05) is 6.54 Å². The molecule has 0 spiro atoms. The summed E-state index contributed by atoms with van der Waals surface area (Å²) >= 11 is 0. The van der Waals surface area contributed by atoms with Crippen LogP contribution in [0, 0.1) is 0 Å². The summed E-state index contributed by atoms with van der Waals surface area (Å²) in [5, 5.41) is 10.9. The van der Waals surface area contributed by atoms with Gasteiger partial charge in [0.15, 0.2) is 11.7 Å². The molecule has 1 heterocycles. The van der Waals surface area contributed by atoms with Crippen LogP contribution in [0.1, 0.15) is 56.0 Å². The number of halogens is 1. The molecule has 1 aliphatic rings. The van der Waals surface area contributed by atoms with Crippen molar-refractivity contribution < 1.29 is 4.52 Å². The molecule has 1 aliphatic carbocycles. The van der Waals surface area contributed by atoms with Crippen LogP contribution in [0.2, 0.25) is 0 Å². The number of nitrogens with zero attached hydrogens (tertiary/aromatic N) is 2. The Morgan fingerprint density at radius 3 is 2.72 bits per heavy atom. The number of aliphatic imine (C=N–C) groups is 1. The summed E-state index contributed by atoms with van der Waals surface area (Å²) in [5.41, 5.74) is 2.37. The molecule has 0 saturated heterocycles. The Hall–Kier alpha value is -1.57. The average Bonchev–Trinajstić information content (AvgIpc) is 3.18. The van der Waals surface area contributed by atoms with Gasteiger partial charge in [-0.3, -0.25) is 0 Å². The maximum Gasteiger partial charge on any atom is 0.191 e. The highest BCUT2D eigenvalue weighted by atomic mass is 127. The molecule has 5 nitrogen and oxygen atoms in total. The molecule has 2 unspecified atom stereocenters. The minimum Gasteiger partial charge on any atom is -0.359 e. The summed E-state index contributed by atoms with van der Waals surface area (Å²) in [7, 11) is 0. The lowest BCUT2D eigenvalue weighted by Gasteiger charge is -2.10. The monoisotopic (exact) mass is 454 g/mol. The van der Waals surface area contributed by atoms with E-state index in [9.17, 15) is 0 Å². The summed E-state index contributed by atoms with van der Waals surface area (Å²) in [6, 6.07) is 13.1. The molecule has 1 aromatic heterocycles. The number of guanidine groups is 1. The molecule has 2 N–H and O–H groups in total. The lowest BCUT2D eigenvalue weighted by Crippen LogP contribution is -2.39. The van der Waals surface area contributed by atoms with Crippen molar-refractivity contribution in [1.82, 2.24) is 15.8 Å². The first-order valence-electron chi connectivity index (χ1n) is 8.72. The first-order chi connectivity index (χ1) is 11.7. The van der Waals surface area contributed by atoms with E-state index in [0.717, 1.165) is 30.4 Å². The molecule has 3 rings (SSSR count). The Labute approximate surface area is 166 Å². The largest absolute Gasteiger partial charge is 0.359 e. The zero-order valence-electron chi connectivity index (χ0n) is 15.0. The smallest absolute Gasteiger partial charge is 0.191 e. The second-order valence-electron chi connectivity index (χ2n) is 6.57. The van der Waals surface area contributed by atoms with Crippen LogP contribution in [0.4, 0.5) is 0 Å². The fourth-order valence-electron chi connectivity index (χ4n) is 2.75. The molecule has 1 fully saturated rings. The first-order valence-corrected chi connectivity index (χ1v) is 8.72. The summed E-state index contributed by atoms with van der Waals surface area (Å²) in [5.74, 6) is 2.58. The molecule has 0 aliphatic heterocycles. The van der Waals surface area contributed by atoms with Gasteiger partial charge in [0.1, 0.15) is 6.54 Å². The summed E-state index contributed by atoms with van der Waals surface area (Å²) in [6.07, 6.45) is 1.15. The standard InChI is InChI=1S/C19H26N4O.HI/c1-4-20-19(21-12-15-10-17(13(2)3)23-24-15)22-18-11-16(18)14-8-6-5-7-9-14;/h5-10,13,16,18H,4,11-12H2,1-3H3,(H2,20,21,22);1H. The Bertz CT molecular complexity index is 684. The minimum atomic E-state index is 0. The Kier molecular flexibility index (Phi) is 7.28. The van der Waals surface area contributed by atoms with E-state index in [4.69, 9.17) is 4.52 Å². The van der Waals surface area contributed by atoms with Crippen LogP contribution in [-0.4, -0.2) is 23.7 Å². The van der Waals surface area contributed by atoms with Crippen molar-refractivity contribution in [3.05, 3.63) is 53.4 Å². The number of rotatable bonds is 6. The minimum absolute atomic E-state index is 0. The molecule has 1 aromatic carbocycles. The number of benzene rings is 1. The molecular formula is C19H27IN4O. The predicted octanol–water partition coefficient (Wildman–Crippen LogP) is 4.03. The van der Waals surface area contributed by atoms with E-state index >= 15 is 0 Å².